The number of imide groups is 1. The van der Waals surface area contributed by atoms with Crippen molar-refractivity contribution in [3.05, 3.63) is 95.2 Å². The standard InChI is InChI=1S/C25H22N2O3/c1-16-9-14-21(17(2)15-16)26-23-22(18-10-12-20(30-3)13-11-18)24(28)27(25(23)29)19-7-5-4-6-8-19/h4-15,26H,1-3H3. The first-order valence-electron chi connectivity index (χ1n) is 9.66. The van der Waals surface area contributed by atoms with E-state index in [-0.39, 0.29) is 17.5 Å². The van der Waals surface area contributed by atoms with Gasteiger partial charge in [-0.15, -0.1) is 0 Å². The number of methoxy groups -OCH3 is 1. The zero-order valence-electron chi connectivity index (χ0n) is 17.1. The fraction of sp³-hybridized carbons (Fsp3) is 0.120. The van der Waals surface area contributed by atoms with Gasteiger partial charge in [0, 0.05) is 5.69 Å². The lowest BCUT2D eigenvalue weighted by Gasteiger charge is -2.15. The summed E-state index contributed by atoms with van der Waals surface area (Å²) < 4.78 is 5.23. The fourth-order valence-corrected chi connectivity index (χ4v) is 3.57. The van der Waals surface area contributed by atoms with E-state index in [0.29, 0.717) is 22.6 Å². The van der Waals surface area contributed by atoms with E-state index < -0.39 is 0 Å². The number of hydrogen-bond acceptors (Lipinski definition) is 4. The topological polar surface area (TPSA) is 58.6 Å². The summed E-state index contributed by atoms with van der Waals surface area (Å²) in [6.07, 6.45) is 0. The van der Waals surface area contributed by atoms with Gasteiger partial charge in [0.2, 0.25) is 0 Å². The number of benzene rings is 3. The molecule has 4 rings (SSSR count). The lowest BCUT2D eigenvalue weighted by Crippen LogP contribution is -2.32. The highest BCUT2D eigenvalue weighted by atomic mass is 16.5. The number of carbonyl (C=O) groups excluding carboxylic acids is 2. The third-order valence-electron chi connectivity index (χ3n) is 5.12. The molecule has 5 nitrogen and oxygen atoms in total. The fourth-order valence-electron chi connectivity index (χ4n) is 3.57. The van der Waals surface area contributed by atoms with Gasteiger partial charge in [-0.3, -0.25) is 9.59 Å². The van der Waals surface area contributed by atoms with E-state index in [0.717, 1.165) is 16.8 Å². The Morgan fingerprint density at radius 3 is 2.17 bits per heavy atom. The molecule has 0 unspecified atom stereocenters. The summed E-state index contributed by atoms with van der Waals surface area (Å²) in [5.41, 5.74) is 4.71. The summed E-state index contributed by atoms with van der Waals surface area (Å²) in [7, 11) is 1.59. The minimum atomic E-state index is -0.378. The summed E-state index contributed by atoms with van der Waals surface area (Å²) in [5, 5.41) is 3.23. The van der Waals surface area contributed by atoms with Crippen LogP contribution in [0.15, 0.2) is 78.5 Å². The number of hydrogen-bond donors (Lipinski definition) is 1. The van der Waals surface area contributed by atoms with Gasteiger partial charge in [-0.05, 0) is 55.3 Å². The van der Waals surface area contributed by atoms with Crippen LogP contribution >= 0.6 is 0 Å². The molecular formula is C25H22N2O3. The number of ether oxygens (including phenoxy) is 1. The largest absolute Gasteiger partial charge is 0.497 e. The normalized spacial score (nSPS) is 13.8. The van der Waals surface area contributed by atoms with Crippen molar-refractivity contribution in [1.29, 1.82) is 0 Å². The second-order valence-corrected chi connectivity index (χ2v) is 7.20. The van der Waals surface area contributed by atoms with E-state index in [1.165, 1.54) is 4.90 Å². The van der Waals surface area contributed by atoms with Crippen molar-refractivity contribution in [2.45, 2.75) is 13.8 Å². The van der Waals surface area contributed by atoms with Gasteiger partial charge >= 0.3 is 0 Å². The number of nitrogens with zero attached hydrogens (tertiary/aromatic N) is 1. The second-order valence-electron chi connectivity index (χ2n) is 7.20. The molecule has 0 atom stereocenters. The van der Waals surface area contributed by atoms with E-state index in [9.17, 15) is 9.59 Å². The van der Waals surface area contributed by atoms with Crippen LogP contribution in [0.2, 0.25) is 0 Å². The molecule has 0 radical (unpaired) electrons. The van der Waals surface area contributed by atoms with Crippen LogP contribution in [0.1, 0.15) is 16.7 Å². The molecule has 1 aliphatic rings. The number of rotatable bonds is 5. The number of aryl methyl sites for hydroxylation is 2. The van der Waals surface area contributed by atoms with Gasteiger partial charge in [-0.25, -0.2) is 4.90 Å². The van der Waals surface area contributed by atoms with Crippen molar-refractivity contribution in [1.82, 2.24) is 0 Å². The Morgan fingerprint density at radius 2 is 1.53 bits per heavy atom. The summed E-state index contributed by atoms with van der Waals surface area (Å²) in [4.78, 5) is 28.0. The Morgan fingerprint density at radius 1 is 0.833 bits per heavy atom. The van der Waals surface area contributed by atoms with Gasteiger partial charge in [-0.2, -0.15) is 0 Å². The summed E-state index contributed by atoms with van der Waals surface area (Å²) in [6, 6.07) is 22.0. The van der Waals surface area contributed by atoms with Crippen LogP contribution in [0.3, 0.4) is 0 Å². The SMILES string of the molecule is COc1ccc(C2=C(Nc3ccc(C)cc3C)C(=O)N(c3ccccc3)C2=O)cc1. The highest BCUT2D eigenvalue weighted by molar-refractivity contribution is 6.46. The van der Waals surface area contributed by atoms with Gasteiger partial charge in [0.05, 0.1) is 18.4 Å². The molecule has 0 saturated heterocycles. The van der Waals surface area contributed by atoms with Gasteiger partial charge in [0.15, 0.2) is 0 Å². The van der Waals surface area contributed by atoms with Crippen molar-refractivity contribution < 1.29 is 14.3 Å². The third-order valence-corrected chi connectivity index (χ3v) is 5.12. The van der Waals surface area contributed by atoms with Crippen molar-refractivity contribution in [2.75, 3.05) is 17.3 Å². The van der Waals surface area contributed by atoms with Crippen LogP contribution in [0, 0.1) is 13.8 Å². The zero-order chi connectivity index (χ0) is 21.3. The lowest BCUT2D eigenvalue weighted by atomic mass is 10.0. The van der Waals surface area contributed by atoms with Gasteiger partial charge in [0.1, 0.15) is 11.4 Å². The molecule has 3 aromatic carbocycles. The molecule has 5 heteroatoms. The molecule has 2 amide bonds. The maximum atomic E-state index is 13.4. The maximum absolute atomic E-state index is 13.4. The Bertz CT molecular complexity index is 1150. The number of amides is 2. The first kappa shape index (κ1) is 19.5. The Hall–Kier alpha value is -3.86. The van der Waals surface area contributed by atoms with Crippen LogP contribution in [-0.4, -0.2) is 18.9 Å². The Balaban J connectivity index is 1.83. The number of anilines is 2. The predicted molar refractivity (Wildman–Crippen MR) is 118 cm³/mol. The molecule has 1 heterocycles. The van der Waals surface area contributed by atoms with Gasteiger partial charge < -0.3 is 10.1 Å². The minimum absolute atomic E-state index is 0.265. The van der Waals surface area contributed by atoms with Gasteiger partial charge in [-0.1, -0.05) is 48.0 Å². The average molecular weight is 398 g/mol. The lowest BCUT2D eigenvalue weighted by molar-refractivity contribution is -0.120. The molecule has 1 aliphatic heterocycles. The highest BCUT2D eigenvalue weighted by Gasteiger charge is 2.40. The van der Waals surface area contributed by atoms with Crippen LogP contribution in [0.25, 0.3) is 5.57 Å². The average Bonchev–Trinajstić information content (AvgIpc) is 3.00. The predicted octanol–water partition coefficient (Wildman–Crippen LogP) is 4.71. The van der Waals surface area contributed by atoms with Crippen molar-refractivity contribution in [2.24, 2.45) is 0 Å². The number of carbonyl (C=O) groups is 2. The molecule has 0 bridgehead atoms. The summed E-state index contributed by atoms with van der Waals surface area (Å²) in [6.45, 7) is 3.99. The first-order chi connectivity index (χ1) is 14.5. The van der Waals surface area contributed by atoms with Crippen LogP contribution in [-0.2, 0) is 9.59 Å². The van der Waals surface area contributed by atoms with Gasteiger partial charge in [0.25, 0.3) is 11.8 Å². The van der Waals surface area contributed by atoms with E-state index in [2.05, 4.69) is 5.32 Å². The Labute approximate surface area is 175 Å². The van der Waals surface area contributed by atoms with Crippen molar-refractivity contribution in [3.63, 3.8) is 0 Å². The molecule has 0 fully saturated rings. The molecule has 0 spiro atoms. The second kappa shape index (κ2) is 7.87. The van der Waals surface area contributed by atoms with E-state index in [4.69, 9.17) is 4.74 Å². The molecular weight excluding hydrogens is 376 g/mol. The third kappa shape index (κ3) is 3.46. The molecule has 1 N–H and O–H groups in total. The molecule has 150 valence electrons. The quantitative estimate of drug-likeness (QED) is 0.633. The summed E-state index contributed by atoms with van der Waals surface area (Å²) in [5.74, 6) is -0.0550. The summed E-state index contributed by atoms with van der Waals surface area (Å²) >= 11 is 0. The number of nitrogens with one attached hydrogen (secondary N) is 1. The van der Waals surface area contributed by atoms with Crippen LogP contribution < -0.4 is 15.0 Å². The molecule has 3 aromatic rings. The van der Waals surface area contributed by atoms with Crippen molar-refractivity contribution in [3.8, 4) is 5.75 Å². The molecule has 0 aromatic heterocycles. The first-order valence-corrected chi connectivity index (χ1v) is 9.66. The highest BCUT2D eigenvalue weighted by Crippen LogP contribution is 2.34. The molecule has 30 heavy (non-hydrogen) atoms. The monoisotopic (exact) mass is 398 g/mol. The molecule has 0 aliphatic carbocycles. The van der Waals surface area contributed by atoms with Crippen molar-refractivity contribution >= 4 is 28.8 Å². The zero-order valence-corrected chi connectivity index (χ0v) is 17.1. The van der Waals surface area contributed by atoms with E-state index in [1.54, 1.807) is 55.6 Å². The molecule has 0 saturated carbocycles. The van der Waals surface area contributed by atoms with Crippen LogP contribution in [0.4, 0.5) is 11.4 Å². The van der Waals surface area contributed by atoms with E-state index >= 15 is 0 Å². The van der Waals surface area contributed by atoms with Crippen LogP contribution in [0.5, 0.6) is 5.75 Å². The number of para-hydroxylation sites is 1. The maximum Gasteiger partial charge on any atom is 0.282 e. The smallest absolute Gasteiger partial charge is 0.282 e. The Kier molecular flexibility index (Phi) is 5.11. The minimum Gasteiger partial charge on any atom is -0.497 e. The van der Waals surface area contributed by atoms with E-state index in [1.807, 2.05) is 38.1 Å².